The first-order valence-electron chi connectivity index (χ1n) is 9.09. The lowest BCUT2D eigenvalue weighted by Crippen LogP contribution is -2.68. The number of pyridine rings is 1. The fourth-order valence-corrected chi connectivity index (χ4v) is 3.92. The Balaban J connectivity index is 1.29. The molecule has 0 radical (unpaired) electrons. The maximum absolute atomic E-state index is 12.3. The first-order valence-corrected chi connectivity index (χ1v) is 9.09. The number of carbonyl (C=O) groups excluding carboxylic acids is 1. The van der Waals surface area contributed by atoms with E-state index in [1.807, 2.05) is 23.4 Å². The molecule has 1 amide bonds. The number of aromatic nitrogens is 1. The lowest BCUT2D eigenvalue weighted by molar-refractivity contribution is -0.205. The van der Waals surface area contributed by atoms with E-state index in [2.05, 4.69) is 11.9 Å². The van der Waals surface area contributed by atoms with E-state index in [1.54, 1.807) is 0 Å². The lowest BCUT2D eigenvalue weighted by atomic mass is 9.80. The minimum absolute atomic E-state index is 0.160. The molecule has 1 spiro atoms. The van der Waals surface area contributed by atoms with Crippen LogP contribution in [-0.4, -0.2) is 47.2 Å². The summed E-state index contributed by atoms with van der Waals surface area (Å²) in [5, 5.41) is 0. The average molecular weight is 330 g/mol. The van der Waals surface area contributed by atoms with Crippen LogP contribution in [0.5, 0.6) is 0 Å². The van der Waals surface area contributed by atoms with Gasteiger partial charge < -0.3 is 14.4 Å². The van der Waals surface area contributed by atoms with E-state index in [1.165, 1.54) is 12.0 Å². The summed E-state index contributed by atoms with van der Waals surface area (Å²) in [7, 11) is 0. The first kappa shape index (κ1) is 16.0. The van der Waals surface area contributed by atoms with Crippen LogP contribution in [0.25, 0.3) is 0 Å². The maximum Gasteiger partial charge on any atom is 0.225 e. The third-order valence-corrected chi connectivity index (χ3v) is 5.79. The molecule has 1 atom stereocenters. The summed E-state index contributed by atoms with van der Waals surface area (Å²) in [5.74, 6) is 0.621. The molecule has 1 saturated carbocycles. The van der Waals surface area contributed by atoms with Crippen LogP contribution in [0.3, 0.4) is 0 Å². The molecule has 0 unspecified atom stereocenters. The second-order valence-electron chi connectivity index (χ2n) is 7.58. The first-order chi connectivity index (χ1) is 11.7. The van der Waals surface area contributed by atoms with Crippen LogP contribution in [0, 0.1) is 12.8 Å². The van der Waals surface area contributed by atoms with Gasteiger partial charge in [0, 0.05) is 31.3 Å². The van der Waals surface area contributed by atoms with Gasteiger partial charge in [-0.1, -0.05) is 6.42 Å². The fourth-order valence-electron chi connectivity index (χ4n) is 3.92. The predicted molar refractivity (Wildman–Crippen MR) is 89.4 cm³/mol. The topological polar surface area (TPSA) is 51.7 Å². The lowest BCUT2D eigenvalue weighted by Gasteiger charge is -2.54. The minimum atomic E-state index is -0.160. The Bertz CT molecular complexity index is 608. The van der Waals surface area contributed by atoms with E-state index in [0.29, 0.717) is 12.5 Å². The van der Waals surface area contributed by atoms with Crippen molar-refractivity contribution < 1.29 is 14.3 Å². The van der Waals surface area contributed by atoms with Crippen molar-refractivity contribution in [3.8, 4) is 0 Å². The summed E-state index contributed by atoms with van der Waals surface area (Å²) in [6.45, 7) is 4.90. The number of nitrogens with zero attached hydrogens (tertiary/aromatic N) is 2. The average Bonchev–Trinajstić information content (AvgIpc) is 2.50. The van der Waals surface area contributed by atoms with Crippen LogP contribution >= 0.6 is 0 Å². The molecule has 0 N–H and O–H groups in total. The normalized spacial score (nSPS) is 26.0. The number of carbonyl (C=O) groups is 1. The van der Waals surface area contributed by atoms with Crippen molar-refractivity contribution in [1.29, 1.82) is 0 Å². The van der Waals surface area contributed by atoms with Crippen LogP contribution in [0.1, 0.15) is 43.2 Å². The molecule has 1 aliphatic carbocycles. The summed E-state index contributed by atoms with van der Waals surface area (Å²) in [6.07, 6.45) is 9.06. The van der Waals surface area contributed by atoms with Crippen LogP contribution in [-0.2, 0) is 20.9 Å². The number of aryl methyl sites for hydroxylation is 1. The van der Waals surface area contributed by atoms with Gasteiger partial charge >= 0.3 is 0 Å². The van der Waals surface area contributed by atoms with Crippen molar-refractivity contribution >= 4 is 5.91 Å². The van der Waals surface area contributed by atoms with Gasteiger partial charge in [0.05, 0.1) is 25.8 Å². The van der Waals surface area contributed by atoms with Crippen molar-refractivity contribution in [2.75, 3.05) is 19.7 Å². The van der Waals surface area contributed by atoms with Crippen LogP contribution in [0.4, 0.5) is 0 Å². The highest BCUT2D eigenvalue weighted by atomic mass is 16.5. The molecule has 0 aromatic carbocycles. The smallest absolute Gasteiger partial charge is 0.225 e. The number of hydrogen-bond acceptors (Lipinski definition) is 4. The van der Waals surface area contributed by atoms with Gasteiger partial charge in [-0.2, -0.15) is 0 Å². The summed E-state index contributed by atoms with van der Waals surface area (Å²) in [5.41, 5.74) is 2.20. The monoisotopic (exact) mass is 330 g/mol. The molecule has 2 aliphatic heterocycles. The van der Waals surface area contributed by atoms with Gasteiger partial charge in [-0.05, 0) is 43.4 Å². The molecule has 2 saturated heterocycles. The molecule has 5 heteroatoms. The Labute approximate surface area is 143 Å². The van der Waals surface area contributed by atoms with E-state index >= 15 is 0 Å². The summed E-state index contributed by atoms with van der Waals surface area (Å²) in [6, 6.07) is 2.01. The number of rotatable bonds is 4. The second kappa shape index (κ2) is 6.45. The van der Waals surface area contributed by atoms with E-state index in [0.717, 1.165) is 50.9 Å². The van der Waals surface area contributed by atoms with E-state index in [4.69, 9.17) is 9.47 Å². The van der Waals surface area contributed by atoms with Crippen molar-refractivity contribution in [2.24, 2.45) is 5.92 Å². The Morgan fingerprint density at radius 1 is 1.42 bits per heavy atom. The minimum Gasteiger partial charge on any atom is -0.373 e. The highest BCUT2D eigenvalue weighted by Crippen LogP contribution is 2.38. The standard InChI is InChI=1S/C19H26N2O3/c1-14-5-7-20-10-16(14)11-23-17-6-8-24-19(9-17)12-21(13-19)18(22)15-3-2-4-15/h5,7,10,15,17H,2-4,6,8-9,11-13H2,1H3/t17-/m1/s1. The maximum atomic E-state index is 12.3. The van der Waals surface area contributed by atoms with E-state index < -0.39 is 0 Å². The number of ether oxygens (including phenoxy) is 2. The Morgan fingerprint density at radius 2 is 2.25 bits per heavy atom. The molecular weight excluding hydrogens is 304 g/mol. The molecule has 1 aromatic rings. The third kappa shape index (κ3) is 3.07. The molecule has 3 fully saturated rings. The Hall–Kier alpha value is -1.46. The molecule has 4 rings (SSSR count). The van der Waals surface area contributed by atoms with E-state index in [-0.39, 0.29) is 17.6 Å². The van der Waals surface area contributed by atoms with Gasteiger partial charge in [0.25, 0.3) is 0 Å². The van der Waals surface area contributed by atoms with Gasteiger partial charge in [-0.25, -0.2) is 0 Å². The Morgan fingerprint density at radius 3 is 2.96 bits per heavy atom. The largest absolute Gasteiger partial charge is 0.373 e. The molecule has 1 aromatic heterocycles. The quantitative estimate of drug-likeness (QED) is 0.851. The van der Waals surface area contributed by atoms with Gasteiger partial charge in [-0.3, -0.25) is 9.78 Å². The fraction of sp³-hybridized carbons (Fsp3) is 0.684. The van der Waals surface area contributed by atoms with Crippen molar-refractivity contribution in [3.63, 3.8) is 0 Å². The second-order valence-corrected chi connectivity index (χ2v) is 7.58. The van der Waals surface area contributed by atoms with Crippen molar-refractivity contribution in [2.45, 2.75) is 57.3 Å². The highest BCUT2D eigenvalue weighted by molar-refractivity contribution is 5.80. The number of hydrogen-bond donors (Lipinski definition) is 0. The molecule has 0 bridgehead atoms. The zero-order valence-electron chi connectivity index (χ0n) is 14.4. The molecule has 5 nitrogen and oxygen atoms in total. The third-order valence-electron chi connectivity index (χ3n) is 5.79. The molecule has 3 aliphatic rings. The van der Waals surface area contributed by atoms with Crippen molar-refractivity contribution in [3.05, 3.63) is 29.6 Å². The number of likely N-dealkylation sites (tertiary alicyclic amines) is 1. The van der Waals surface area contributed by atoms with Crippen LogP contribution in [0.15, 0.2) is 18.5 Å². The summed E-state index contributed by atoms with van der Waals surface area (Å²) in [4.78, 5) is 18.5. The van der Waals surface area contributed by atoms with Gasteiger partial charge in [0.1, 0.15) is 5.60 Å². The molecule has 24 heavy (non-hydrogen) atoms. The molecule has 3 heterocycles. The summed E-state index contributed by atoms with van der Waals surface area (Å²) < 4.78 is 12.2. The number of amides is 1. The van der Waals surface area contributed by atoms with Gasteiger partial charge in [0.15, 0.2) is 0 Å². The van der Waals surface area contributed by atoms with Crippen molar-refractivity contribution in [1.82, 2.24) is 9.88 Å². The highest BCUT2D eigenvalue weighted by Gasteiger charge is 2.50. The molecular formula is C19H26N2O3. The van der Waals surface area contributed by atoms with Gasteiger partial charge in [0.2, 0.25) is 5.91 Å². The molecule has 130 valence electrons. The van der Waals surface area contributed by atoms with Crippen LogP contribution in [0.2, 0.25) is 0 Å². The Kier molecular flexibility index (Phi) is 4.31. The zero-order valence-corrected chi connectivity index (χ0v) is 14.4. The van der Waals surface area contributed by atoms with Crippen LogP contribution < -0.4 is 0 Å². The SMILES string of the molecule is Cc1ccncc1CO[C@@H]1CCOC2(C1)CN(C(=O)C1CCC1)C2. The summed E-state index contributed by atoms with van der Waals surface area (Å²) >= 11 is 0. The zero-order chi connectivity index (χ0) is 16.6. The van der Waals surface area contributed by atoms with Gasteiger partial charge in [-0.15, -0.1) is 0 Å². The van der Waals surface area contributed by atoms with E-state index in [9.17, 15) is 4.79 Å². The predicted octanol–water partition coefficient (Wildman–Crippen LogP) is 2.47.